The van der Waals surface area contributed by atoms with E-state index in [1.54, 1.807) is 6.92 Å². The molecule has 7 nitrogen and oxygen atoms in total. The van der Waals surface area contributed by atoms with E-state index in [9.17, 15) is 9.90 Å². The van der Waals surface area contributed by atoms with Crippen molar-refractivity contribution in [3.05, 3.63) is 41.5 Å². The average Bonchev–Trinajstić information content (AvgIpc) is 3.34. The molecule has 1 aromatic heterocycles. The van der Waals surface area contributed by atoms with Gasteiger partial charge in [-0.1, -0.05) is 24.2 Å². The highest BCUT2D eigenvalue weighted by molar-refractivity contribution is 7.99. The highest BCUT2D eigenvalue weighted by Gasteiger charge is 2.43. The fourth-order valence-electron chi connectivity index (χ4n) is 4.45. The van der Waals surface area contributed by atoms with E-state index in [1.807, 2.05) is 23.1 Å². The molecule has 1 aliphatic heterocycles. The first-order chi connectivity index (χ1) is 14.5. The van der Waals surface area contributed by atoms with Crippen LogP contribution in [0.15, 0.2) is 28.8 Å². The van der Waals surface area contributed by atoms with Gasteiger partial charge in [-0.25, -0.2) is 0 Å². The molecule has 0 radical (unpaired) electrons. The van der Waals surface area contributed by atoms with Gasteiger partial charge in [0.25, 0.3) is 0 Å². The van der Waals surface area contributed by atoms with Crippen LogP contribution in [-0.4, -0.2) is 57.1 Å². The minimum Gasteiger partial charge on any atom is -0.488 e. The Kier molecular flexibility index (Phi) is 6.63. The lowest BCUT2D eigenvalue weighted by molar-refractivity contribution is -0.127. The predicted molar refractivity (Wildman–Crippen MR) is 114 cm³/mol. The van der Waals surface area contributed by atoms with Crippen LogP contribution in [0.4, 0.5) is 0 Å². The third kappa shape index (κ3) is 4.98. The highest BCUT2D eigenvalue weighted by Crippen LogP contribution is 2.38. The summed E-state index contributed by atoms with van der Waals surface area (Å²) in [7, 11) is 0. The molecule has 1 aliphatic carbocycles. The molecule has 1 saturated heterocycles. The monoisotopic (exact) mass is 431 g/mol. The van der Waals surface area contributed by atoms with Crippen molar-refractivity contribution in [1.82, 2.24) is 15.0 Å². The normalized spacial score (nSPS) is 25.9. The van der Waals surface area contributed by atoms with Crippen LogP contribution < -0.4 is 4.74 Å². The van der Waals surface area contributed by atoms with Crippen molar-refractivity contribution in [2.45, 2.75) is 51.1 Å². The van der Waals surface area contributed by atoms with Gasteiger partial charge in [-0.3, -0.25) is 4.79 Å². The van der Waals surface area contributed by atoms with Crippen LogP contribution in [0.5, 0.6) is 5.75 Å². The van der Waals surface area contributed by atoms with Crippen LogP contribution in [0.2, 0.25) is 0 Å². The van der Waals surface area contributed by atoms with Gasteiger partial charge in [-0.05, 0) is 55.7 Å². The van der Waals surface area contributed by atoms with E-state index in [1.165, 1.54) is 17.3 Å². The number of nitrogens with zero attached hydrogens (tertiary/aromatic N) is 3. The molecular formula is C22H29N3O4S. The van der Waals surface area contributed by atoms with Gasteiger partial charge in [0, 0.05) is 13.1 Å². The molecule has 2 aliphatic rings. The van der Waals surface area contributed by atoms with Crippen molar-refractivity contribution in [1.29, 1.82) is 0 Å². The van der Waals surface area contributed by atoms with Gasteiger partial charge in [-0.2, -0.15) is 4.98 Å². The number of hydrogen-bond acceptors (Lipinski definition) is 7. The summed E-state index contributed by atoms with van der Waals surface area (Å²) in [5, 5.41) is 14.4. The Morgan fingerprint density at radius 3 is 2.87 bits per heavy atom. The van der Waals surface area contributed by atoms with E-state index in [2.05, 4.69) is 23.1 Å². The number of thioether (sulfide) groups is 1. The molecule has 2 aromatic rings. The maximum absolute atomic E-state index is 12.7. The molecule has 4 rings (SSSR count). The SMILES string of the molecule is CCc1cccc(O[C@@H]2C[C@@H]3CN(C(=O)CSCc4nc(C)no4)C[C@@H]3C[C@H]2O)c1. The van der Waals surface area contributed by atoms with E-state index >= 15 is 0 Å². The lowest BCUT2D eigenvalue weighted by Crippen LogP contribution is -2.42. The second-order valence-electron chi connectivity index (χ2n) is 8.24. The van der Waals surface area contributed by atoms with E-state index in [4.69, 9.17) is 9.26 Å². The predicted octanol–water partition coefficient (Wildman–Crippen LogP) is 2.85. The molecule has 8 heteroatoms. The highest BCUT2D eigenvalue weighted by atomic mass is 32.2. The second-order valence-corrected chi connectivity index (χ2v) is 9.23. The topological polar surface area (TPSA) is 88.7 Å². The van der Waals surface area contributed by atoms with Crippen LogP contribution in [0.25, 0.3) is 0 Å². The summed E-state index contributed by atoms with van der Waals surface area (Å²) < 4.78 is 11.2. The first-order valence-corrected chi connectivity index (χ1v) is 11.8. The molecular weight excluding hydrogens is 402 g/mol. The van der Waals surface area contributed by atoms with E-state index in [0.717, 1.165) is 31.7 Å². The van der Waals surface area contributed by atoms with Gasteiger partial charge in [0.1, 0.15) is 11.9 Å². The van der Waals surface area contributed by atoms with Crippen molar-refractivity contribution >= 4 is 17.7 Å². The quantitative estimate of drug-likeness (QED) is 0.721. The summed E-state index contributed by atoms with van der Waals surface area (Å²) in [6, 6.07) is 8.07. The standard InChI is InChI=1S/C22H29N3O4S/c1-3-15-5-4-6-18(7-15)28-20-9-17-11-25(10-16(17)8-19(20)26)22(27)13-30-12-21-23-14(2)24-29-21/h4-7,16-17,19-20,26H,3,8-13H2,1-2H3/t16-,17+,19+,20+/m0/s1. The number of aliphatic hydroxyl groups excluding tert-OH is 1. The molecule has 4 atom stereocenters. The number of benzene rings is 1. The van der Waals surface area contributed by atoms with E-state index < -0.39 is 6.10 Å². The fraction of sp³-hybridized carbons (Fsp3) is 0.591. The first kappa shape index (κ1) is 21.2. The maximum atomic E-state index is 12.7. The zero-order valence-corrected chi connectivity index (χ0v) is 18.3. The van der Waals surface area contributed by atoms with Gasteiger partial charge >= 0.3 is 0 Å². The number of carbonyl (C=O) groups is 1. The van der Waals surface area contributed by atoms with Crippen LogP contribution in [0, 0.1) is 18.8 Å². The summed E-state index contributed by atoms with van der Waals surface area (Å²) in [6.07, 6.45) is 1.70. The van der Waals surface area contributed by atoms with Crippen LogP contribution in [0.3, 0.4) is 0 Å². The Balaban J connectivity index is 1.28. The lowest BCUT2D eigenvalue weighted by Gasteiger charge is -2.35. The molecule has 2 heterocycles. The number of aromatic nitrogens is 2. The zero-order valence-electron chi connectivity index (χ0n) is 17.5. The van der Waals surface area contributed by atoms with Crippen molar-refractivity contribution in [3.63, 3.8) is 0 Å². The largest absolute Gasteiger partial charge is 0.488 e. The molecule has 1 N–H and O–H groups in total. The molecule has 162 valence electrons. The van der Waals surface area contributed by atoms with Gasteiger partial charge < -0.3 is 19.3 Å². The van der Waals surface area contributed by atoms with Crippen molar-refractivity contribution in [2.24, 2.45) is 11.8 Å². The molecule has 0 spiro atoms. The number of ether oxygens (including phenoxy) is 1. The zero-order chi connectivity index (χ0) is 21.1. The van der Waals surface area contributed by atoms with E-state index in [0.29, 0.717) is 41.5 Å². The van der Waals surface area contributed by atoms with Crippen LogP contribution >= 0.6 is 11.8 Å². The number of likely N-dealkylation sites (tertiary alicyclic amines) is 1. The summed E-state index contributed by atoms with van der Waals surface area (Å²) in [5.74, 6) is 3.76. The summed E-state index contributed by atoms with van der Waals surface area (Å²) in [5.41, 5.74) is 1.22. The van der Waals surface area contributed by atoms with Gasteiger partial charge in [0.2, 0.25) is 11.8 Å². The number of rotatable bonds is 7. The average molecular weight is 432 g/mol. The third-order valence-corrected chi connectivity index (χ3v) is 6.95. The van der Waals surface area contributed by atoms with E-state index in [-0.39, 0.29) is 12.0 Å². The summed E-state index contributed by atoms with van der Waals surface area (Å²) in [4.78, 5) is 18.8. The first-order valence-electron chi connectivity index (χ1n) is 10.6. The molecule has 1 saturated carbocycles. The van der Waals surface area contributed by atoms with Gasteiger partial charge in [-0.15, -0.1) is 11.8 Å². The minimum absolute atomic E-state index is 0.133. The Morgan fingerprint density at radius 1 is 1.33 bits per heavy atom. The Morgan fingerprint density at radius 2 is 2.13 bits per heavy atom. The molecule has 1 amide bonds. The number of carbonyl (C=O) groups excluding carboxylic acids is 1. The molecule has 0 bridgehead atoms. The minimum atomic E-state index is -0.498. The lowest BCUT2D eigenvalue weighted by atomic mass is 9.78. The summed E-state index contributed by atoms with van der Waals surface area (Å²) >= 11 is 1.49. The van der Waals surface area contributed by atoms with Crippen molar-refractivity contribution in [3.8, 4) is 5.75 Å². The van der Waals surface area contributed by atoms with Crippen LogP contribution in [-0.2, 0) is 17.0 Å². The summed E-state index contributed by atoms with van der Waals surface area (Å²) in [6.45, 7) is 5.36. The van der Waals surface area contributed by atoms with Crippen LogP contribution in [0.1, 0.15) is 37.0 Å². The van der Waals surface area contributed by atoms with Gasteiger partial charge in [0.15, 0.2) is 5.82 Å². The van der Waals surface area contributed by atoms with Crippen molar-refractivity contribution < 1.29 is 19.2 Å². The molecule has 30 heavy (non-hydrogen) atoms. The van der Waals surface area contributed by atoms with Crippen molar-refractivity contribution in [2.75, 3.05) is 18.8 Å². The Bertz CT molecular complexity index is 874. The number of amides is 1. The van der Waals surface area contributed by atoms with Gasteiger partial charge in [0.05, 0.1) is 17.6 Å². The number of aliphatic hydroxyl groups is 1. The smallest absolute Gasteiger partial charge is 0.236 e. The fourth-order valence-corrected chi connectivity index (χ4v) is 5.20. The Labute approximate surface area is 181 Å². The molecule has 0 unspecified atom stereocenters. The number of aryl methyl sites for hydroxylation is 2. The number of hydrogen-bond donors (Lipinski definition) is 1. The maximum Gasteiger partial charge on any atom is 0.236 e. The second kappa shape index (κ2) is 9.39. The molecule has 1 aromatic carbocycles. The number of fused-ring (bicyclic) bond motifs is 1. The Hall–Kier alpha value is -2.06. The third-order valence-electron chi connectivity index (χ3n) is 6.05. The molecule has 2 fully saturated rings.